The van der Waals surface area contributed by atoms with E-state index in [4.69, 9.17) is 9.47 Å². The lowest BCUT2D eigenvalue weighted by Gasteiger charge is -2.12. The van der Waals surface area contributed by atoms with E-state index in [1.807, 2.05) is 6.92 Å². The number of hydrogen-bond donors (Lipinski definition) is 0. The molecule has 1 saturated heterocycles. The summed E-state index contributed by atoms with van der Waals surface area (Å²) in [5.41, 5.74) is 0. The van der Waals surface area contributed by atoms with Gasteiger partial charge in [-0.2, -0.15) is 0 Å². The summed E-state index contributed by atoms with van der Waals surface area (Å²) in [6, 6.07) is 0. The van der Waals surface area contributed by atoms with E-state index in [1.54, 1.807) is 7.11 Å². The Kier molecular flexibility index (Phi) is 5.88. The minimum Gasteiger partial charge on any atom is -0.378 e. The van der Waals surface area contributed by atoms with Gasteiger partial charge in [0, 0.05) is 20.1 Å². The van der Waals surface area contributed by atoms with Gasteiger partial charge in [0.15, 0.2) is 5.78 Å². The third-order valence-corrected chi connectivity index (χ3v) is 2.99. The maximum Gasteiger partial charge on any atom is 0.161 e. The minimum atomic E-state index is -0.200. The lowest BCUT2D eigenvalue weighted by molar-refractivity contribution is -0.129. The highest BCUT2D eigenvalue weighted by molar-refractivity contribution is 5.82. The summed E-state index contributed by atoms with van der Waals surface area (Å²) < 4.78 is 10.6. The standard InChI is InChI=1S/C12H22O3/c1-3-12(14-2)11(13)8-4-6-10-7-5-9-15-10/h10,12H,3-9H2,1-2H3. The first-order valence-electron chi connectivity index (χ1n) is 5.95. The van der Waals surface area contributed by atoms with Crippen LogP contribution in [0.3, 0.4) is 0 Å². The molecule has 0 radical (unpaired) electrons. The molecular formula is C12H22O3. The second kappa shape index (κ2) is 6.96. The lowest BCUT2D eigenvalue weighted by atomic mass is 10.0. The molecule has 1 heterocycles. The Morgan fingerprint density at radius 3 is 2.93 bits per heavy atom. The summed E-state index contributed by atoms with van der Waals surface area (Å²) in [6.07, 6.45) is 5.90. The Hall–Kier alpha value is -0.410. The molecule has 2 unspecified atom stereocenters. The Labute approximate surface area is 92.1 Å². The Morgan fingerprint density at radius 2 is 2.40 bits per heavy atom. The normalized spacial score (nSPS) is 22.9. The topological polar surface area (TPSA) is 35.5 Å². The van der Waals surface area contributed by atoms with Gasteiger partial charge in [0.1, 0.15) is 6.10 Å². The summed E-state index contributed by atoms with van der Waals surface area (Å²) in [6.45, 7) is 2.88. The van der Waals surface area contributed by atoms with E-state index in [2.05, 4.69) is 0 Å². The van der Waals surface area contributed by atoms with Crippen molar-refractivity contribution in [3.05, 3.63) is 0 Å². The van der Waals surface area contributed by atoms with E-state index in [9.17, 15) is 4.79 Å². The number of ether oxygens (including phenoxy) is 2. The van der Waals surface area contributed by atoms with Crippen molar-refractivity contribution in [3.63, 3.8) is 0 Å². The predicted molar refractivity (Wildman–Crippen MR) is 58.9 cm³/mol. The summed E-state index contributed by atoms with van der Waals surface area (Å²) in [7, 11) is 1.60. The van der Waals surface area contributed by atoms with E-state index in [0.29, 0.717) is 12.5 Å². The number of ketones is 1. The van der Waals surface area contributed by atoms with Crippen LogP contribution in [0.25, 0.3) is 0 Å². The van der Waals surface area contributed by atoms with Crippen LogP contribution in [0, 0.1) is 0 Å². The Morgan fingerprint density at radius 1 is 1.60 bits per heavy atom. The molecule has 0 bridgehead atoms. The molecule has 0 aliphatic carbocycles. The van der Waals surface area contributed by atoms with Crippen LogP contribution in [0.4, 0.5) is 0 Å². The number of hydrogen-bond acceptors (Lipinski definition) is 3. The van der Waals surface area contributed by atoms with Crippen LogP contribution in [0.2, 0.25) is 0 Å². The molecule has 1 aliphatic heterocycles. The molecule has 0 aromatic carbocycles. The molecule has 3 heteroatoms. The molecule has 0 aromatic rings. The largest absolute Gasteiger partial charge is 0.378 e. The van der Waals surface area contributed by atoms with Gasteiger partial charge in [-0.25, -0.2) is 0 Å². The average molecular weight is 214 g/mol. The third kappa shape index (κ3) is 4.31. The molecule has 88 valence electrons. The van der Waals surface area contributed by atoms with Crippen LogP contribution < -0.4 is 0 Å². The summed E-state index contributed by atoms with van der Waals surface area (Å²) in [5.74, 6) is 0.234. The van der Waals surface area contributed by atoms with Crippen LogP contribution in [-0.4, -0.2) is 31.7 Å². The van der Waals surface area contributed by atoms with Crippen LogP contribution in [0.1, 0.15) is 45.4 Å². The van der Waals surface area contributed by atoms with Crippen LogP contribution in [-0.2, 0) is 14.3 Å². The summed E-state index contributed by atoms with van der Waals surface area (Å²) >= 11 is 0. The van der Waals surface area contributed by atoms with Gasteiger partial charge in [0.05, 0.1) is 6.10 Å². The highest BCUT2D eigenvalue weighted by Crippen LogP contribution is 2.18. The van der Waals surface area contributed by atoms with Gasteiger partial charge in [-0.15, -0.1) is 0 Å². The maximum atomic E-state index is 11.6. The minimum absolute atomic E-state index is 0.200. The van der Waals surface area contributed by atoms with Gasteiger partial charge < -0.3 is 9.47 Å². The molecule has 0 spiro atoms. The van der Waals surface area contributed by atoms with Crippen LogP contribution in [0.5, 0.6) is 0 Å². The van der Waals surface area contributed by atoms with Crippen LogP contribution >= 0.6 is 0 Å². The zero-order chi connectivity index (χ0) is 11.1. The smallest absolute Gasteiger partial charge is 0.161 e. The fraction of sp³-hybridized carbons (Fsp3) is 0.917. The predicted octanol–water partition coefficient (Wildman–Crippen LogP) is 2.33. The second-order valence-electron chi connectivity index (χ2n) is 4.13. The zero-order valence-corrected chi connectivity index (χ0v) is 9.83. The number of rotatable bonds is 7. The molecule has 1 fully saturated rings. The van der Waals surface area contributed by atoms with Crippen molar-refractivity contribution in [2.45, 2.75) is 57.7 Å². The Bertz CT molecular complexity index is 181. The molecule has 0 N–H and O–H groups in total. The van der Waals surface area contributed by atoms with Crippen molar-refractivity contribution in [2.75, 3.05) is 13.7 Å². The molecule has 0 aromatic heterocycles. The first kappa shape index (κ1) is 12.7. The Balaban J connectivity index is 2.10. The SMILES string of the molecule is CCC(OC)C(=O)CCCC1CCCO1. The van der Waals surface area contributed by atoms with E-state index in [1.165, 1.54) is 6.42 Å². The number of carbonyl (C=O) groups excluding carboxylic acids is 1. The van der Waals surface area contributed by atoms with Crippen LogP contribution in [0.15, 0.2) is 0 Å². The average Bonchev–Trinajstić information content (AvgIpc) is 2.72. The first-order valence-corrected chi connectivity index (χ1v) is 5.95. The summed E-state index contributed by atoms with van der Waals surface area (Å²) in [4.78, 5) is 11.6. The molecular weight excluding hydrogens is 192 g/mol. The van der Waals surface area contributed by atoms with E-state index in [0.717, 1.165) is 32.3 Å². The molecule has 3 nitrogen and oxygen atoms in total. The quantitative estimate of drug-likeness (QED) is 0.652. The van der Waals surface area contributed by atoms with Gasteiger partial charge in [0.25, 0.3) is 0 Å². The summed E-state index contributed by atoms with van der Waals surface area (Å²) in [5, 5.41) is 0. The van der Waals surface area contributed by atoms with Crippen molar-refractivity contribution in [1.82, 2.24) is 0 Å². The molecule has 1 aliphatic rings. The number of Topliss-reactive ketones (excluding diaryl/α,β-unsaturated/α-hetero) is 1. The fourth-order valence-electron chi connectivity index (χ4n) is 2.06. The molecule has 1 rings (SSSR count). The van der Waals surface area contributed by atoms with Crippen molar-refractivity contribution < 1.29 is 14.3 Å². The van der Waals surface area contributed by atoms with E-state index < -0.39 is 0 Å². The van der Waals surface area contributed by atoms with Gasteiger partial charge in [-0.1, -0.05) is 6.92 Å². The lowest BCUT2D eigenvalue weighted by Crippen LogP contribution is -2.22. The van der Waals surface area contributed by atoms with Gasteiger partial charge in [0.2, 0.25) is 0 Å². The first-order chi connectivity index (χ1) is 7.27. The molecule has 2 atom stereocenters. The number of carbonyl (C=O) groups is 1. The molecule has 0 saturated carbocycles. The molecule has 0 amide bonds. The highest BCUT2D eigenvalue weighted by Gasteiger charge is 2.18. The van der Waals surface area contributed by atoms with Gasteiger partial charge in [-0.05, 0) is 32.1 Å². The third-order valence-electron chi connectivity index (χ3n) is 2.99. The second-order valence-corrected chi connectivity index (χ2v) is 4.13. The highest BCUT2D eigenvalue weighted by atomic mass is 16.5. The van der Waals surface area contributed by atoms with Crippen molar-refractivity contribution in [1.29, 1.82) is 0 Å². The van der Waals surface area contributed by atoms with E-state index in [-0.39, 0.29) is 11.9 Å². The monoisotopic (exact) mass is 214 g/mol. The number of methoxy groups -OCH3 is 1. The molecule has 15 heavy (non-hydrogen) atoms. The van der Waals surface area contributed by atoms with Crippen molar-refractivity contribution in [3.8, 4) is 0 Å². The fourth-order valence-corrected chi connectivity index (χ4v) is 2.06. The zero-order valence-electron chi connectivity index (χ0n) is 9.83. The van der Waals surface area contributed by atoms with E-state index >= 15 is 0 Å². The van der Waals surface area contributed by atoms with Gasteiger partial charge >= 0.3 is 0 Å². The maximum absolute atomic E-state index is 11.6. The van der Waals surface area contributed by atoms with Crippen molar-refractivity contribution >= 4 is 5.78 Å². The van der Waals surface area contributed by atoms with Gasteiger partial charge in [-0.3, -0.25) is 4.79 Å². The van der Waals surface area contributed by atoms with Crippen molar-refractivity contribution in [2.24, 2.45) is 0 Å².